The highest BCUT2D eigenvalue weighted by Gasteiger charge is 2.44. The first-order chi connectivity index (χ1) is 6.35. The molecule has 0 N–H and O–H groups in total. The van der Waals surface area contributed by atoms with Crippen LogP contribution in [0.2, 0.25) is 0 Å². The number of nitroso groups, excluding NO2 is 1. The quantitative estimate of drug-likeness (QED) is 0.569. The molecule has 0 aliphatic heterocycles. The monoisotopic (exact) mass is 179 g/mol. The number of fused-ring (bicyclic) bond motifs is 2. The van der Waals surface area contributed by atoms with Crippen molar-refractivity contribution in [2.45, 2.75) is 44.6 Å². The summed E-state index contributed by atoms with van der Waals surface area (Å²) < 4.78 is 0. The molecule has 3 fully saturated rings. The van der Waals surface area contributed by atoms with Gasteiger partial charge in [-0.25, -0.2) is 0 Å². The highest BCUT2D eigenvalue weighted by Crippen LogP contribution is 2.53. The maximum atomic E-state index is 10.6. The summed E-state index contributed by atoms with van der Waals surface area (Å²) in [5, 5.41) is 3.29. The number of rotatable bonds is 1. The first-order valence-electron chi connectivity index (χ1n) is 5.67. The van der Waals surface area contributed by atoms with Crippen LogP contribution in [-0.2, 0) is 0 Å². The molecule has 0 aromatic rings. The summed E-state index contributed by atoms with van der Waals surface area (Å²) in [5.41, 5.74) is 0. The van der Waals surface area contributed by atoms with Gasteiger partial charge in [-0.2, -0.15) is 4.91 Å². The predicted octanol–water partition coefficient (Wildman–Crippen LogP) is 2.97. The fraction of sp³-hybridized carbons (Fsp3) is 1.00. The van der Waals surface area contributed by atoms with Gasteiger partial charge < -0.3 is 0 Å². The van der Waals surface area contributed by atoms with Crippen molar-refractivity contribution in [3.8, 4) is 0 Å². The molecule has 13 heavy (non-hydrogen) atoms. The minimum Gasteiger partial charge on any atom is -0.151 e. The lowest BCUT2D eigenvalue weighted by atomic mass is 9.79. The molecule has 0 aromatic heterocycles. The van der Waals surface area contributed by atoms with Gasteiger partial charge in [0.2, 0.25) is 0 Å². The third-order valence-corrected chi connectivity index (χ3v) is 4.57. The Morgan fingerprint density at radius 3 is 2.08 bits per heavy atom. The van der Waals surface area contributed by atoms with E-state index in [1.54, 1.807) is 0 Å². The van der Waals surface area contributed by atoms with E-state index in [0.29, 0.717) is 0 Å². The Kier molecular flexibility index (Phi) is 1.71. The molecule has 3 aliphatic rings. The van der Waals surface area contributed by atoms with E-state index in [9.17, 15) is 4.91 Å². The summed E-state index contributed by atoms with van der Waals surface area (Å²) in [6.07, 6.45) is 7.90. The zero-order valence-corrected chi connectivity index (χ0v) is 7.98. The Hall–Kier alpha value is -0.400. The molecule has 0 aromatic carbocycles. The fourth-order valence-electron chi connectivity index (χ4n) is 4.21. The fourth-order valence-corrected chi connectivity index (χ4v) is 4.21. The highest BCUT2D eigenvalue weighted by molar-refractivity contribution is 4.96. The van der Waals surface area contributed by atoms with E-state index in [1.165, 1.54) is 25.7 Å². The van der Waals surface area contributed by atoms with Crippen molar-refractivity contribution in [3.05, 3.63) is 4.91 Å². The minimum atomic E-state index is 0.166. The summed E-state index contributed by atoms with van der Waals surface area (Å²) in [7, 11) is 0. The van der Waals surface area contributed by atoms with Crippen LogP contribution in [0, 0.1) is 28.6 Å². The Morgan fingerprint density at radius 1 is 0.769 bits per heavy atom. The van der Waals surface area contributed by atoms with Gasteiger partial charge >= 0.3 is 0 Å². The van der Waals surface area contributed by atoms with Crippen molar-refractivity contribution in [2.75, 3.05) is 0 Å². The molecular weight excluding hydrogens is 162 g/mol. The number of hydrogen-bond acceptors (Lipinski definition) is 2. The van der Waals surface area contributed by atoms with Crippen molar-refractivity contribution >= 4 is 0 Å². The first kappa shape index (κ1) is 7.95. The van der Waals surface area contributed by atoms with Crippen LogP contribution in [0.25, 0.3) is 0 Å². The van der Waals surface area contributed by atoms with Crippen LogP contribution in [0.15, 0.2) is 5.18 Å². The topological polar surface area (TPSA) is 29.4 Å². The molecule has 0 saturated heterocycles. The third-order valence-electron chi connectivity index (χ3n) is 4.57. The van der Waals surface area contributed by atoms with Gasteiger partial charge in [0.05, 0.1) is 6.04 Å². The molecule has 0 spiro atoms. The number of nitrogens with zero attached hydrogens (tertiary/aromatic N) is 1. The van der Waals surface area contributed by atoms with E-state index in [1.807, 2.05) is 0 Å². The van der Waals surface area contributed by atoms with Crippen LogP contribution < -0.4 is 0 Å². The van der Waals surface area contributed by atoms with Crippen LogP contribution in [0.4, 0.5) is 0 Å². The largest absolute Gasteiger partial charge is 0.151 e. The molecule has 2 heteroatoms. The van der Waals surface area contributed by atoms with Gasteiger partial charge in [0.1, 0.15) is 0 Å². The van der Waals surface area contributed by atoms with E-state index in [2.05, 4.69) is 5.18 Å². The zero-order valence-electron chi connectivity index (χ0n) is 7.98. The molecule has 0 amide bonds. The van der Waals surface area contributed by atoms with Gasteiger partial charge in [-0.05, 0) is 62.2 Å². The van der Waals surface area contributed by atoms with Crippen molar-refractivity contribution in [1.29, 1.82) is 0 Å². The molecule has 3 bridgehead atoms. The lowest BCUT2D eigenvalue weighted by molar-refractivity contribution is 0.250. The molecule has 3 saturated carbocycles. The SMILES string of the molecule is O=NC1CC2CC3CC(C2)C(C3)C1. The molecule has 5 atom stereocenters. The molecule has 0 radical (unpaired) electrons. The minimum absolute atomic E-state index is 0.166. The van der Waals surface area contributed by atoms with Gasteiger partial charge in [-0.1, -0.05) is 5.18 Å². The Labute approximate surface area is 79.1 Å². The normalized spacial score (nSPS) is 53.4. The Balaban J connectivity index is 1.85. The van der Waals surface area contributed by atoms with E-state index in [0.717, 1.165) is 36.5 Å². The molecular formula is C11H17NO. The first-order valence-corrected chi connectivity index (χ1v) is 5.67. The van der Waals surface area contributed by atoms with Gasteiger partial charge in [-0.15, -0.1) is 0 Å². The average Bonchev–Trinajstić information content (AvgIpc) is 2.32. The van der Waals surface area contributed by atoms with E-state index in [-0.39, 0.29) is 6.04 Å². The zero-order chi connectivity index (χ0) is 8.84. The molecule has 0 heterocycles. The maximum absolute atomic E-state index is 10.6. The summed E-state index contributed by atoms with van der Waals surface area (Å²) in [6.45, 7) is 0. The van der Waals surface area contributed by atoms with E-state index < -0.39 is 0 Å². The van der Waals surface area contributed by atoms with Crippen molar-refractivity contribution in [2.24, 2.45) is 28.8 Å². The standard InChI is InChI=1S/C11H17NO/c13-12-11-5-8-1-7-2-9(4-8)10(3-7)6-11/h7-11H,1-6H2. The second kappa shape index (κ2) is 2.79. The molecule has 3 aliphatic carbocycles. The van der Waals surface area contributed by atoms with Gasteiger partial charge in [0, 0.05) is 0 Å². The molecule has 2 nitrogen and oxygen atoms in total. The molecule has 72 valence electrons. The Bertz CT molecular complexity index is 226. The summed E-state index contributed by atoms with van der Waals surface area (Å²) in [5.74, 6) is 3.69. The van der Waals surface area contributed by atoms with E-state index >= 15 is 0 Å². The highest BCUT2D eigenvalue weighted by atomic mass is 16.3. The van der Waals surface area contributed by atoms with Crippen LogP contribution in [0.5, 0.6) is 0 Å². The van der Waals surface area contributed by atoms with Crippen LogP contribution >= 0.6 is 0 Å². The number of hydrogen-bond donors (Lipinski definition) is 0. The second-order valence-electron chi connectivity index (χ2n) is 5.43. The summed E-state index contributed by atoms with van der Waals surface area (Å²) >= 11 is 0. The van der Waals surface area contributed by atoms with Gasteiger partial charge in [-0.3, -0.25) is 0 Å². The maximum Gasteiger partial charge on any atom is 0.0925 e. The van der Waals surface area contributed by atoms with Crippen LogP contribution in [0.1, 0.15) is 38.5 Å². The molecule has 3 rings (SSSR count). The van der Waals surface area contributed by atoms with Crippen LogP contribution in [-0.4, -0.2) is 6.04 Å². The van der Waals surface area contributed by atoms with E-state index in [4.69, 9.17) is 0 Å². The summed E-state index contributed by atoms with van der Waals surface area (Å²) in [4.78, 5) is 10.6. The lowest BCUT2D eigenvalue weighted by Gasteiger charge is -2.26. The van der Waals surface area contributed by atoms with Gasteiger partial charge in [0.25, 0.3) is 0 Å². The molecule has 5 unspecified atom stereocenters. The van der Waals surface area contributed by atoms with Crippen molar-refractivity contribution < 1.29 is 0 Å². The second-order valence-corrected chi connectivity index (χ2v) is 5.43. The Morgan fingerprint density at radius 2 is 1.38 bits per heavy atom. The van der Waals surface area contributed by atoms with Crippen molar-refractivity contribution in [3.63, 3.8) is 0 Å². The summed E-state index contributed by atoms with van der Waals surface area (Å²) in [6, 6.07) is 0.166. The lowest BCUT2D eigenvalue weighted by Crippen LogP contribution is -2.17. The average molecular weight is 179 g/mol. The smallest absolute Gasteiger partial charge is 0.0925 e. The van der Waals surface area contributed by atoms with Gasteiger partial charge in [0.15, 0.2) is 0 Å². The van der Waals surface area contributed by atoms with Crippen LogP contribution in [0.3, 0.4) is 0 Å². The third kappa shape index (κ3) is 1.22. The van der Waals surface area contributed by atoms with Crippen molar-refractivity contribution in [1.82, 2.24) is 0 Å². The predicted molar refractivity (Wildman–Crippen MR) is 51.2 cm³/mol.